The molecule has 3 heteroatoms. The van der Waals surface area contributed by atoms with Crippen molar-refractivity contribution < 1.29 is 4.74 Å². The summed E-state index contributed by atoms with van der Waals surface area (Å²) in [5.41, 5.74) is 4.80. The molecule has 0 radical (unpaired) electrons. The average Bonchev–Trinajstić information content (AvgIpc) is 2.50. The van der Waals surface area contributed by atoms with Gasteiger partial charge >= 0.3 is 0 Å². The van der Waals surface area contributed by atoms with E-state index in [0.29, 0.717) is 6.04 Å². The van der Waals surface area contributed by atoms with Crippen LogP contribution in [0.15, 0.2) is 36.4 Å². The minimum atomic E-state index is 0.334. The second-order valence-electron chi connectivity index (χ2n) is 5.36. The number of methoxy groups -OCH3 is 1. The van der Waals surface area contributed by atoms with Gasteiger partial charge in [0.1, 0.15) is 5.75 Å². The van der Waals surface area contributed by atoms with Crippen LogP contribution in [0.5, 0.6) is 5.75 Å². The fraction of sp³-hybridized carbons (Fsp3) is 0.389. The van der Waals surface area contributed by atoms with Crippen molar-refractivity contribution in [1.29, 1.82) is 0 Å². The van der Waals surface area contributed by atoms with Crippen molar-refractivity contribution in [2.45, 2.75) is 32.7 Å². The molecular formula is C18H24N2O. The third kappa shape index (κ3) is 4.05. The summed E-state index contributed by atoms with van der Waals surface area (Å²) >= 11 is 0. The highest BCUT2D eigenvalue weighted by Gasteiger charge is 2.12. The molecule has 1 N–H and O–H groups in total. The Hall–Kier alpha value is -1.87. The molecule has 0 aliphatic heterocycles. The number of nitrogens with one attached hydrogen (secondary N) is 1. The summed E-state index contributed by atoms with van der Waals surface area (Å²) < 4.78 is 5.19. The summed E-state index contributed by atoms with van der Waals surface area (Å²) in [5, 5.41) is 3.41. The molecule has 0 fully saturated rings. The molecule has 112 valence electrons. The maximum Gasteiger partial charge on any atom is 0.118 e. The first-order chi connectivity index (χ1) is 10.1. The molecule has 0 aliphatic carbocycles. The third-order valence-corrected chi connectivity index (χ3v) is 3.87. The number of aryl methyl sites for hydroxylation is 3. The smallest absolute Gasteiger partial charge is 0.118 e. The number of benzene rings is 1. The monoisotopic (exact) mass is 284 g/mol. The molecule has 21 heavy (non-hydrogen) atoms. The molecule has 0 aliphatic rings. The molecule has 0 amide bonds. The summed E-state index contributed by atoms with van der Waals surface area (Å²) in [7, 11) is 3.71. The van der Waals surface area contributed by atoms with Gasteiger partial charge in [-0.15, -0.1) is 0 Å². The van der Waals surface area contributed by atoms with Crippen LogP contribution < -0.4 is 10.1 Å². The first-order valence-electron chi connectivity index (χ1n) is 7.38. The van der Waals surface area contributed by atoms with Crippen LogP contribution in [-0.2, 0) is 6.42 Å². The van der Waals surface area contributed by atoms with Crippen molar-refractivity contribution in [2.75, 3.05) is 14.2 Å². The maximum absolute atomic E-state index is 5.19. The van der Waals surface area contributed by atoms with Gasteiger partial charge in [0.15, 0.2) is 0 Å². The lowest BCUT2D eigenvalue weighted by atomic mass is 9.98. The largest absolute Gasteiger partial charge is 0.497 e. The van der Waals surface area contributed by atoms with Gasteiger partial charge in [0.25, 0.3) is 0 Å². The average molecular weight is 284 g/mol. The zero-order valence-electron chi connectivity index (χ0n) is 13.3. The summed E-state index contributed by atoms with van der Waals surface area (Å²) in [5.74, 6) is 0.905. The topological polar surface area (TPSA) is 34.1 Å². The number of pyridine rings is 1. The van der Waals surface area contributed by atoms with Crippen LogP contribution in [0.3, 0.4) is 0 Å². The van der Waals surface area contributed by atoms with Crippen molar-refractivity contribution in [3.05, 3.63) is 58.9 Å². The first kappa shape index (κ1) is 15.5. The second kappa shape index (κ2) is 7.23. The summed E-state index contributed by atoms with van der Waals surface area (Å²) in [6.45, 7) is 4.11. The van der Waals surface area contributed by atoms with E-state index in [-0.39, 0.29) is 0 Å². The Morgan fingerprint density at radius 3 is 2.38 bits per heavy atom. The summed E-state index contributed by atoms with van der Waals surface area (Å²) in [6, 6.07) is 12.9. The van der Waals surface area contributed by atoms with Crippen molar-refractivity contribution in [1.82, 2.24) is 10.3 Å². The van der Waals surface area contributed by atoms with Gasteiger partial charge < -0.3 is 10.1 Å². The van der Waals surface area contributed by atoms with Crippen LogP contribution in [-0.4, -0.2) is 19.1 Å². The van der Waals surface area contributed by atoms with Gasteiger partial charge in [-0.1, -0.05) is 18.2 Å². The molecule has 0 saturated carbocycles. The van der Waals surface area contributed by atoms with Crippen molar-refractivity contribution in [3.63, 3.8) is 0 Å². The Morgan fingerprint density at radius 2 is 1.81 bits per heavy atom. The highest BCUT2D eigenvalue weighted by Crippen LogP contribution is 2.22. The van der Waals surface area contributed by atoms with Gasteiger partial charge in [0, 0.05) is 17.4 Å². The first-order valence-corrected chi connectivity index (χ1v) is 7.38. The van der Waals surface area contributed by atoms with Gasteiger partial charge in [-0.05, 0) is 63.1 Å². The van der Waals surface area contributed by atoms with Crippen LogP contribution in [0.4, 0.5) is 0 Å². The lowest BCUT2D eigenvalue weighted by Crippen LogP contribution is -2.18. The fourth-order valence-electron chi connectivity index (χ4n) is 2.62. The van der Waals surface area contributed by atoms with Crippen LogP contribution in [0.25, 0.3) is 0 Å². The minimum absolute atomic E-state index is 0.334. The number of hydrogen-bond donors (Lipinski definition) is 1. The molecule has 1 atom stereocenters. The lowest BCUT2D eigenvalue weighted by Gasteiger charge is -2.18. The summed E-state index contributed by atoms with van der Waals surface area (Å²) in [6.07, 6.45) is 2.08. The Kier molecular flexibility index (Phi) is 5.34. The van der Waals surface area contributed by atoms with E-state index in [1.807, 2.05) is 26.1 Å². The highest BCUT2D eigenvalue weighted by atomic mass is 16.5. The molecule has 2 rings (SSSR count). The van der Waals surface area contributed by atoms with Crippen molar-refractivity contribution in [2.24, 2.45) is 0 Å². The molecule has 0 saturated heterocycles. The van der Waals surface area contributed by atoms with Gasteiger partial charge in [0.05, 0.1) is 7.11 Å². The number of ether oxygens (including phenoxy) is 1. The molecule has 1 unspecified atom stereocenters. The van der Waals surface area contributed by atoms with Gasteiger partial charge in [-0.3, -0.25) is 4.98 Å². The van der Waals surface area contributed by atoms with E-state index in [1.165, 1.54) is 11.1 Å². The van der Waals surface area contributed by atoms with E-state index in [1.54, 1.807) is 7.11 Å². The molecule has 1 aromatic carbocycles. The lowest BCUT2D eigenvalue weighted by molar-refractivity contribution is 0.414. The number of aromatic nitrogens is 1. The van der Waals surface area contributed by atoms with Crippen LogP contribution in [0.1, 0.15) is 35.0 Å². The van der Waals surface area contributed by atoms with Crippen LogP contribution in [0.2, 0.25) is 0 Å². The Labute approximate surface area is 127 Å². The maximum atomic E-state index is 5.19. The van der Waals surface area contributed by atoms with Crippen LogP contribution >= 0.6 is 0 Å². The van der Waals surface area contributed by atoms with E-state index in [4.69, 9.17) is 4.74 Å². The predicted octanol–water partition coefficient (Wildman–Crippen LogP) is 3.60. The normalized spacial score (nSPS) is 12.2. The zero-order valence-corrected chi connectivity index (χ0v) is 13.3. The Bertz CT molecular complexity index is 578. The highest BCUT2D eigenvalue weighted by molar-refractivity contribution is 5.28. The van der Waals surface area contributed by atoms with Crippen molar-refractivity contribution >= 4 is 0 Å². The summed E-state index contributed by atoms with van der Waals surface area (Å²) in [4.78, 5) is 4.56. The zero-order chi connectivity index (χ0) is 15.2. The molecule has 3 nitrogen and oxygen atoms in total. The van der Waals surface area contributed by atoms with E-state index in [0.717, 1.165) is 30.0 Å². The van der Waals surface area contributed by atoms with E-state index < -0.39 is 0 Å². The molecule has 0 bridgehead atoms. The van der Waals surface area contributed by atoms with Gasteiger partial charge in [0.2, 0.25) is 0 Å². The number of hydrogen-bond acceptors (Lipinski definition) is 3. The van der Waals surface area contributed by atoms with Gasteiger partial charge in [-0.2, -0.15) is 0 Å². The van der Waals surface area contributed by atoms with Gasteiger partial charge in [-0.25, -0.2) is 0 Å². The van der Waals surface area contributed by atoms with Crippen LogP contribution in [0, 0.1) is 13.8 Å². The Morgan fingerprint density at radius 1 is 1.10 bits per heavy atom. The molecule has 1 aromatic heterocycles. The van der Waals surface area contributed by atoms with E-state index in [9.17, 15) is 0 Å². The SMILES string of the molecule is CNC(CCc1ccc(OC)cc1)c1ccc(C)nc1C. The van der Waals surface area contributed by atoms with E-state index in [2.05, 4.69) is 41.5 Å². The molecule has 0 spiro atoms. The fourth-order valence-corrected chi connectivity index (χ4v) is 2.62. The van der Waals surface area contributed by atoms with E-state index >= 15 is 0 Å². The standard InChI is InChI=1S/C18H24N2O/c1-13-5-11-17(14(2)20-13)18(19-3)12-8-15-6-9-16(21-4)10-7-15/h5-7,9-11,18-19H,8,12H2,1-4H3. The molecule has 2 aromatic rings. The molecular weight excluding hydrogens is 260 g/mol. The molecule has 1 heterocycles. The Balaban J connectivity index is 2.04. The number of nitrogens with zero attached hydrogens (tertiary/aromatic N) is 1. The quantitative estimate of drug-likeness (QED) is 0.880. The number of rotatable bonds is 6. The van der Waals surface area contributed by atoms with Crippen molar-refractivity contribution in [3.8, 4) is 5.75 Å². The minimum Gasteiger partial charge on any atom is -0.497 e. The third-order valence-electron chi connectivity index (χ3n) is 3.87. The second-order valence-corrected chi connectivity index (χ2v) is 5.36. The predicted molar refractivity (Wildman–Crippen MR) is 86.8 cm³/mol.